The second-order valence-corrected chi connectivity index (χ2v) is 8.18. The summed E-state index contributed by atoms with van der Waals surface area (Å²) in [7, 11) is 0. The number of hydrogen-bond acceptors (Lipinski definition) is 3. The van der Waals surface area contributed by atoms with Gasteiger partial charge in [-0.15, -0.1) is 0 Å². The van der Waals surface area contributed by atoms with Gasteiger partial charge >= 0.3 is 6.18 Å². The summed E-state index contributed by atoms with van der Waals surface area (Å²) >= 11 is 11.9. The van der Waals surface area contributed by atoms with E-state index in [0.29, 0.717) is 5.02 Å². The van der Waals surface area contributed by atoms with Crippen molar-refractivity contribution in [1.29, 1.82) is 0 Å². The largest absolute Gasteiger partial charge is 0.410 e. The molecule has 5 nitrogen and oxygen atoms in total. The minimum Gasteiger partial charge on any atom is -0.363 e. The number of anilines is 2. The molecule has 0 radical (unpaired) electrons. The Morgan fingerprint density at radius 3 is 2.52 bits per heavy atom. The maximum Gasteiger partial charge on any atom is 0.410 e. The van der Waals surface area contributed by atoms with Crippen LogP contribution in [-0.4, -0.2) is 21.9 Å². The van der Waals surface area contributed by atoms with E-state index in [4.69, 9.17) is 23.2 Å². The van der Waals surface area contributed by atoms with Crippen LogP contribution in [0, 0.1) is 6.92 Å². The summed E-state index contributed by atoms with van der Waals surface area (Å²) < 4.78 is 42.2. The number of hydrogen-bond donors (Lipinski definition) is 2. The monoisotopic (exact) mass is 468 g/mol. The lowest BCUT2D eigenvalue weighted by Gasteiger charge is -2.33. The second kappa shape index (κ2) is 8.09. The molecule has 2 N–H and O–H groups in total. The fourth-order valence-electron chi connectivity index (χ4n) is 3.48. The number of alkyl halides is 3. The fourth-order valence-corrected chi connectivity index (χ4v) is 3.93. The molecule has 31 heavy (non-hydrogen) atoms. The van der Waals surface area contributed by atoms with Crippen molar-refractivity contribution < 1.29 is 18.0 Å². The van der Waals surface area contributed by atoms with Gasteiger partial charge in [0, 0.05) is 17.5 Å². The highest BCUT2D eigenvalue weighted by Crippen LogP contribution is 2.43. The first-order valence-corrected chi connectivity index (χ1v) is 10.1. The maximum absolute atomic E-state index is 13.8. The number of amides is 1. The molecule has 0 saturated heterocycles. The second-order valence-electron chi connectivity index (χ2n) is 7.34. The lowest BCUT2D eigenvalue weighted by atomic mass is 9.96. The average Bonchev–Trinajstić information content (AvgIpc) is 3.13. The Balaban J connectivity index is 1.64. The number of nitrogens with zero attached hydrogens (tertiary/aromatic N) is 2. The van der Waals surface area contributed by atoms with E-state index < -0.39 is 24.2 Å². The Labute approximate surface area is 186 Å². The van der Waals surface area contributed by atoms with Crippen molar-refractivity contribution in [1.82, 2.24) is 9.78 Å². The molecule has 2 heterocycles. The molecular weight excluding hydrogens is 452 g/mol. The van der Waals surface area contributed by atoms with Gasteiger partial charge in [-0.3, -0.25) is 4.79 Å². The summed E-state index contributed by atoms with van der Waals surface area (Å²) in [6, 6.07) is 10.6. The van der Waals surface area contributed by atoms with Crippen LogP contribution in [-0.2, 0) is 0 Å². The van der Waals surface area contributed by atoms with Gasteiger partial charge in [0.15, 0.2) is 11.7 Å². The Hall–Kier alpha value is -2.71. The van der Waals surface area contributed by atoms with Gasteiger partial charge in [0.25, 0.3) is 5.91 Å². The van der Waals surface area contributed by atoms with E-state index in [9.17, 15) is 18.0 Å². The van der Waals surface area contributed by atoms with Gasteiger partial charge in [-0.05, 0) is 30.7 Å². The molecule has 0 fully saturated rings. The van der Waals surface area contributed by atoms with Gasteiger partial charge in [-0.1, -0.05) is 53.0 Å². The van der Waals surface area contributed by atoms with Crippen molar-refractivity contribution in [2.24, 2.45) is 0 Å². The summed E-state index contributed by atoms with van der Waals surface area (Å²) in [5.41, 5.74) is 1.86. The quantitative estimate of drug-likeness (QED) is 0.466. The Morgan fingerprint density at radius 2 is 1.87 bits per heavy atom. The number of halogens is 5. The van der Waals surface area contributed by atoms with Gasteiger partial charge in [-0.25, -0.2) is 4.68 Å². The number of nitrogens with one attached hydrogen (secondary N) is 2. The highest BCUT2D eigenvalue weighted by molar-refractivity contribution is 6.36. The number of carbonyl (C=O) groups excluding carboxylic acids is 1. The van der Waals surface area contributed by atoms with Gasteiger partial charge in [0.1, 0.15) is 5.82 Å². The molecular formula is C21H17Cl2F3N4O. The van der Waals surface area contributed by atoms with E-state index in [1.807, 2.05) is 19.1 Å². The number of carbonyl (C=O) groups is 1. The smallest absolute Gasteiger partial charge is 0.363 e. The Bertz CT molecular complexity index is 1130. The molecule has 0 bridgehead atoms. The molecule has 1 amide bonds. The first-order valence-electron chi connectivity index (χ1n) is 9.37. The molecule has 0 spiro atoms. The van der Waals surface area contributed by atoms with Crippen LogP contribution in [0.5, 0.6) is 0 Å². The minimum atomic E-state index is -4.53. The number of rotatable bonds is 3. The topological polar surface area (TPSA) is 59.0 Å². The molecule has 1 aromatic heterocycles. The first kappa shape index (κ1) is 21.5. The van der Waals surface area contributed by atoms with Crippen molar-refractivity contribution >= 4 is 40.6 Å². The molecule has 3 aromatic rings. The van der Waals surface area contributed by atoms with Crippen LogP contribution in [0.4, 0.5) is 24.7 Å². The highest BCUT2D eigenvalue weighted by atomic mass is 35.5. The van der Waals surface area contributed by atoms with Gasteiger partial charge in [0.05, 0.1) is 16.8 Å². The van der Waals surface area contributed by atoms with Crippen molar-refractivity contribution in [3.8, 4) is 0 Å². The molecule has 1 aliphatic rings. The third-order valence-electron chi connectivity index (χ3n) is 5.08. The summed E-state index contributed by atoms with van der Waals surface area (Å²) in [6.07, 6.45) is -4.77. The third-order valence-corrected chi connectivity index (χ3v) is 5.63. The van der Waals surface area contributed by atoms with Crippen molar-refractivity contribution in [2.75, 3.05) is 10.6 Å². The van der Waals surface area contributed by atoms with Crippen LogP contribution in [0.1, 0.15) is 40.1 Å². The molecule has 0 saturated carbocycles. The summed E-state index contributed by atoms with van der Waals surface area (Å²) in [5.74, 6) is -0.563. The molecule has 162 valence electrons. The summed E-state index contributed by atoms with van der Waals surface area (Å²) in [6.45, 7) is 1.91. The molecule has 1 aliphatic heterocycles. The molecule has 2 atom stereocenters. The Morgan fingerprint density at radius 1 is 1.16 bits per heavy atom. The van der Waals surface area contributed by atoms with Crippen LogP contribution < -0.4 is 10.6 Å². The zero-order valence-electron chi connectivity index (χ0n) is 16.2. The SMILES string of the molecule is Cc1ccc(C2CC(C(F)(F)F)n3nc(C(=O)Nc4ccc(Cl)cc4Cl)cc3N2)cc1. The third kappa shape index (κ3) is 4.50. The van der Waals surface area contributed by atoms with E-state index in [0.717, 1.165) is 15.8 Å². The van der Waals surface area contributed by atoms with Crippen molar-refractivity contribution in [2.45, 2.75) is 31.6 Å². The number of fused-ring (bicyclic) bond motifs is 1. The molecule has 10 heteroatoms. The van der Waals surface area contributed by atoms with Gasteiger partial charge < -0.3 is 10.6 Å². The number of aryl methyl sites for hydroxylation is 1. The fraction of sp³-hybridized carbons (Fsp3) is 0.238. The van der Waals surface area contributed by atoms with Crippen LogP contribution in [0.15, 0.2) is 48.5 Å². The van der Waals surface area contributed by atoms with E-state index in [2.05, 4.69) is 15.7 Å². The molecule has 4 rings (SSSR count). The summed E-state index contributed by atoms with van der Waals surface area (Å²) in [4.78, 5) is 12.6. The van der Waals surface area contributed by atoms with Crippen molar-refractivity contribution in [3.63, 3.8) is 0 Å². The van der Waals surface area contributed by atoms with Gasteiger partial charge in [-0.2, -0.15) is 18.3 Å². The first-order chi connectivity index (χ1) is 14.6. The lowest BCUT2D eigenvalue weighted by molar-refractivity contribution is -0.173. The van der Waals surface area contributed by atoms with Crippen LogP contribution >= 0.6 is 23.2 Å². The van der Waals surface area contributed by atoms with Gasteiger partial charge in [0.2, 0.25) is 0 Å². The molecule has 2 unspecified atom stereocenters. The number of aromatic nitrogens is 2. The lowest BCUT2D eigenvalue weighted by Crippen LogP contribution is -2.35. The van der Waals surface area contributed by atoms with Crippen LogP contribution in [0.3, 0.4) is 0 Å². The normalized spacial score (nSPS) is 18.3. The van der Waals surface area contributed by atoms with Crippen molar-refractivity contribution in [3.05, 3.63) is 75.4 Å². The predicted molar refractivity (Wildman–Crippen MR) is 114 cm³/mol. The van der Waals surface area contributed by atoms with E-state index in [1.165, 1.54) is 24.3 Å². The standard InChI is InChI=1S/C21H17Cl2F3N4O/c1-11-2-4-12(5-3-11)16-9-18(21(24,25)26)30-19(27-16)10-17(29-30)20(31)28-15-7-6-13(22)8-14(15)23/h2-8,10,16,18,27H,9H2,1H3,(H,28,31). The Kier molecular flexibility index (Phi) is 5.61. The predicted octanol–water partition coefficient (Wildman–Crippen LogP) is 6.41. The van der Waals surface area contributed by atoms with E-state index >= 15 is 0 Å². The summed E-state index contributed by atoms with van der Waals surface area (Å²) in [5, 5.41) is 10.2. The van der Waals surface area contributed by atoms with Crippen LogP contribution in [0.2, 0.25) is 10.0 Å². The maximum atomic E-state index is 13.8. The zero-order valence-corrected chi connectivity index (χ0v) is 17.7. The van der Waals surface area contributed by atoms with E-state index in [-0.39, 0.29) is 28.6 Å². The number of benzene rings is 2. The zero-order chi connectivity index (χ0) is 22.3. The highest BCUT2D eigenvalue weighted by Gasteiger charge is 2.46. The van der Waals surface area contributed by atoms with Crippen LogP contribution in [0.25, 0.3) is 0 Å². The molecule has 0 aliphatic carbocycles. The minimum absolute atomic E-state index is 0.117. The van der Waals surface area contributed by atoms with E-state index in [1.54, 1.807) is 12.1 Å². The average molecular weight is 469 g/mol. The molecule has 2 aromatic carbocycles.